The molecule has 1 fully saturated rings. The number of amides is 2. The van der Waals surface area contributed by atoms with Crippen LogP contribution in [0.4, 0.5) is 10.1 Å². The Morgan fingerprint density at radius 2 is 1.92 bits per heavy atom. The molecule has 12 heteroatoms. The molecule has 2 heterocycles. The van der Waals surface area contributed by atoms with Crippen LogP contribution in [0.2, 0.25) is 5.02 Å². The second-order valence-corrected chi connectivity index (χ2v) is 9.25. The summed E-state index contributed by atoms with van der Waals surface area (Å²) in [6.07, 6.45) is 5.94. The third-order valence-corrected chi connectivity index (χ3v) is 6.88. The summed E-state index contributed by atoms with van der Waals surface area (Å²) >= 11 is 6.01. The van der Waals surface area contributed by atoms with E-state index in [2.05, 4.69) is 26.0 Å². The highest BCUT2D eigenvalue weighted by atomic mass is 35.5. The van der Waals surface area contributed by atoms with Gasteiger partial charge in [0.2, 0.25) is 5.91 Å². The highest BCUT2D eigenvalue weighted by Gasteiger charge is 2.28. The van der Waals surface area contributed by atoms with Crippen LogP contribution in [0.15, 0.2) is 30.6 Å². The van der Waals surface area contributed by atoms with Gasteiger partial charge in [-0.25, -0.2) is 13.9 Å². The van der Waals surface area contributed by atoms with Crippen molar-refractivity contribution in [1.29, 1.82) is 0 Å². The molecule has 4 N–H and O–H groups in total. The lowest BCUT2D eigenvalue weighted by molar-refractivity contribution is -0.123. The van der Waals surface area contributed by atoms with Gasteiger partial charge in [-0.15, -0.1) is 0 Å². The largest absolute Gasteiger partial charge is 0.483 e. The molecular formula is C25H30ClFN6O4. The van der Waals surface area contributed by atoms with Gasteiger partial charge < -0.3 is 21.1 Å². The Morgan fingerprint density at radius 1 is 1.24 bits per heavy atom. The van der Waals surface area contributed by atoms with E-state index in [1.165, 1.54) is 18.2 Å². The lowest BCUT2D eigenvalue weighted by Gasteiger charge is -2.28. The third kappa shape index (κ3) is 6.60. The lowest BCUT2D eigenvalue weighted by Crippen LogP contribution is -2.39. The maximum absolute atomic E-state index is 13.2. The van der Waals surface area contributed by atoms with Crippen molar-refractivity contribution < 1.29 is 23.9 Å². The number of hydrogen-bond acceptors (Lipinski definition) is 6. The molecular weight excluding hydrogens is 503 g/mol. The van der Waals surface area contributed by atoms with E-state index in [4.69, 9.17) is 21.5 Å². The number of carbonyl (C=O) groups excluding carboxylic acids is 2. The second kappa shape index (κ2) is 12.6. The molecule has 0 spiro atoms. The van der Waals surface area contributed by atoms with Crippen molar-refractivity contribution in [2.24, 2.45) is 5.92 Å². The van der Waals surface area contributed by atoms with Gasteiger partial charge in [-0.3, -0.25) is 14.4 Å². The Balaban J connectivity index is 0.00000121. The van der Waals surface area contributed by atoms with E-state index in [9.17, 15) is 14.0 Å². The van der Waals surface area contributed by atoms with Gasteiger partial charge in [0, 0.05) is 35.5 Å². The summed E-state index contributed by atoms with van der Waals surface area (Å²) in [5.74, 6) is -1.01. The highest BCUT2D eigenvalue weighted by molar-refractivity contribution is 6.33. The Bertz CT molecular complexity index is 1280. The van der Waals surface area contributed by atoms with Gasteiger partial charge in [0.25, 0.3) is 12.4 Å². The van der Waals surface area contributed by atoms with E-state index in [-0.39, 0.29) is 41.3 Å². The first-order chi connectivity index (χ1) is 17.7. The van der Waals surface area contributed by atoms with Crippen LogP contribution in [0.25, 0.3) is 5.65 Å². The summed E-state index contributed by atoms with van der Waals surface area (Å²) in [4.78, 5) is 38.4. The van der Waals surface area contributed by atoms with Crippen LogP contribution < -0.4 is 16.0 Å². The van der Waals surface area contributed by atoms with E-state index >= 15 is 0 Å². The minimum atomic E-state index is -0.455. The van der Waals surface area contributed by atoms with E-state index in [0.29, 0.717) is 42.6 Å². The number of aryl methyl sites for hydroxylation is 1. The molecule has 1 saturated carbocycles. The van der Waals surface area contributed by atoms with Crippen LogP contribution in [0.1, 0.15) is 60.3 Å². The van der Waals surface area contributed by atoms with Crippen molar-refractivity contribution in [1.82, 2.24) is 25.2 Å². The number of benzene rings is 1. The first kappa shape index (κ1) is 28.0. The van der Waals surface area contributed by atoms with E-state index < -0.39 is 5.82 Å². The molecule has 3 aromatic rings. The van der Waals surface area contributed by atoms with Crippen LogP contribution in [-0.4, -0.2) is 51.1 Å². The van der Waals surface area contributed by atoms with Gasteiger partial charge in [0.05, 0.1) is 16.9 Å². The molecule has 0 radical (unpaired) electrons. The highest BCUT2D eigenvalue weighted by Crippen LogP contribution is 2.28. The predicted octanol–water partition coefficient (Wildman–Crippen LogP) is 3.74. The van der Waals surface area contributed by atoms with Crippen LogP contribution in [0, 0.1) is 18.7 Å². The maximum Gasteiger partial charge on any atom is 0.290 e. The maximum atomic E-state index is 13.2. The number of nitrogens with zero attached hydrogens (tertiary/aromatic N) is 3. The molecule has 0 aliphatic heterocycles. The van der Waals surface area contributed by atoms with E-state index in [1.807, 2.05) is 20.9 Å². The van der Waals surface area contributed by atoms with Crippen molar-refractivity contribution in [3.8, 4) is 0 Å². The summed E-state index contributed by atoms with van der Waals surface area (Å²) in [5.41, 5.74) is 3.29. The van der Waals surface area contributed by atoms with Gasteiger partial charge >= 0.3 is 0 Å². The first-order valence-corrected chi connectivity index (χ1v) is 12.2. The third-order valence-electron chi connectivity index (χ3n) is 6.57. The predicted molar refractivity (Wildman–Crippen MR) is 137 cm³/mol. The average molecular weight is 533 g/mol. The minimum Gasteiger partial charge on any atom is -0.483 e. The fourth-order valence-electron chi connectivity index (χ4n) is 4.39. The lowest BCUT2D eigenvalue weighted by atomic mass is 9.85. The average Bonchev–Trinajstić information content (AvgIpc) is 3.32. The molecule has 1 aliphatic carbocycles. The number of halogens is 2. The first-order valence-electron chi connectivity index (χ1n) is 11.8. The SMILES string of the molecule is CNC(C)c1cnc2c(C(=O)NC3CCC(C(=O)Nc4ccc(F)cc4Cl)CC3)cnn2c1C.O=CO. The fraction of sp³-hybridized carbons (Fsp3) is 0.400. The Hall–Kier alpha value is -3.57. The minimum absolute atomic E-state index is 0.0365. The van der Waals surface area contributed by atoms with Gasteiger partial charge in [-0.05, 0) is 64.8 Å². The van der Waals surface area contributed by atoms with Crippen molar-refractivity contribution in [3.05, 3.63) is 58.3 Å². The van der Waals surface area contributed by atoms with Gasteiger partial charge in [0.1, 0.15) is 11.4 Å². The van der Waals surface area contributed by atoms with Crippen LogP contribution >= 0.6 is 11.6 Å². The van der Waals surface area contributed by atoms with E-state index in [0.717, 1.165) is 11.3 Å². The number of carboxylic acid groups (broad SMARTS) is 1. The topological polar surface area (TPSA) is 138 Å². The molecule has 1 aromatic carbocycles. The zero-order chi connectivity index (χ0) is 27.1. The molecule has 37 heavy (non-hydrogen) atoms. The van der Waals surface area contributed by atoms with E-state index in [1.54, 1.807) is 16.9 Å². The molecule has 4 rings (SSSR count). The molecule has 198 valence electrons. The molecule has 1 aliphatic rings. The quantitative estimate of drug-likeness (QED) is 0.355. The Morgan fingerprint density at radius 3 is 2.54 bits per heavy atom. The molecule has 10 nitrogen and oxygen atoms in total. The summed E-state index contributed by atoms with van der Waals surface area (Å²) < 4.78 is 14.9. The molecule has 2 aromatic heterocycles. The number of fused-ring (bicyclic) bond motifs is 1. The van der Waals surface area contributed by atoms with Crippen molar-refractivity contribution in [2.75, 3.05) is 12.4 Å². The standard InChI is InChI=1S/C24H28ClFN6O2.CH2O2/c1-13(27-3)18-11-28-22-19(12-29-32(22)14(18)2)24(34)30-17-7-4-15(5-8-17)23(33)31-21-9-6-16(26)10-20(21)25;2-1-3/h6,9-13,15,17,27H,4-5,7-8H2,1-3H3,(H,30,34)(H,31,33);1H,(H,2,3). The number of carbonyl (C=O) groups is 3. The van der Waals surface area contributed by atoms with Gasteiger partial charge in [0.15, 0.2) is 5.65 Å². The van der Waals surface area contributed by atoms with Crippen molar-refractivity contribution >= 4 is 41.2 Å². The summed E-state index contributed by atoms with van der Waals surface area (Å²) in [6, 6.07) is 3.96. The normalized spacial score (nSPS) is 17.9. The van der Waals surface area contributed by atoms with Crippen molar-refractivity contribution in [3.63, 3.8) is 0 Å². The zero-order valence-corrected chi connectivity index (χ0v) is 21.6. The molecule has 1 atom stereocenters. The number of rotatable bonds is 6. The fourth-order valence-corrected chi connectivity index (χ4v) is 4.60. The van der Waals surface area contributed by atoms with Gasteiger partial charge in [-0.1, -0.05) is 11.6 Å². The zero-order valence-electron chi connectivity index (χ0n) is 20.8. The molecule has 1 unspecified atom stereocenters. The monoisotopic (exact) mass is 532 g/mol. The summed E-state index contributed by atoms with van der Waals surface area (Å²) in [7, 11) is 1.88. The number of nitrogens with one attached hydrogen (secondary N) is 3. The number of anilines is 1. The van der Waals surface area contributed by atoms with Crippen LogP contribution in [0.3, 0.4) is 0 Å². The Labute approximate surface area is 218 Å². The number of aromatic nitrogens is 3. The van der Waals surface area contributed by atoms with Gasteiger partial charge in [-0.2, -0.15) is 5.10 Å². The smallest absolute Gasteiger partial charge is 0.290 e. The van der Waals surface area contributed by atoms with Crippen molar-refractivity contribution in [2.45, 2.75) is 51.6 Å². The van der Waals surface area contributed by atoms with Crippen LogP contribution in [0.5, 0.6) is 0 Å². The molecule has 0 saturated heterocycles. The number of hydrogen-bond donors (Lipinski definition) is 4. The Kier molecular flexibility index (Phi) is 9.54. The van der Waals surface area contributed by atoms with Crippen LogP contribution in [-0.2, 0) is 9.59 Å². The molecule has 0 bridgehead atoms. The summed E-state index contributed by atoms with van der Waals surface area (Å²) in [5, 5.41) is 20.5. The second-order valence-electron chi connectivity index (χ2n) is 8.84. The molecule has 2 amide bonds. The summed E-state index contributed by atoms with van der Waals surface area (Å²) in [6.45, 7) is 3.75.